The lowest BCUT2D eigenvalue weighted by Gasteiger charge is -2.33. The molecule has 1 N–H and O–H groups in total. The highest BCUT2D eigenvalue weighted by Crippen LogP contribution is 2.20. The van der Waals surface area contributed by atoms with Gasteiger partial charge in [-0.1, -0.05) is 13.8 Å². The first kappa shape index (κ1) is 12.3. The second-order valence-corrected chi connectivity index (χ2v) is 5.10. The van der Waals surface area contributed by atoms with E-state index in [1.165, 1.54) is 12.8 Å². The Labute approximate surface area is 103 Å². The number of piperidine rings is 1. The predicted molar refractivity (Wildman–Crippen MR) is 70.1 cm³/mol. The zero-order chi connectivity index (χ0) is 12.1. The van der Waals surface area contributed by atoms with E-state index in [0.29, 0.717) is 6.04 Å². The summed E-state index contributed by atoms with van der Waals surface area (Å²) >= 11 is 0. The van der Waals surface area contributed by atoms with Gasteiger partial charge in [0.2, 0.25) is 0 Å². The quantitative estimate of drug-likeness (QED) is 0.861. The number of aromatic nitrogens is 2. The van der Waals surface area contributed by atoms with Crippen LogP contribution in [0.25, 0.3) is 0 Å². The highest BCUT2D eigenvalue weighted by molar-refractivity contribution is 5.36. The van der Waals surface area contributed by atoms with Crippen molar-refractivity contribution in [1.82, 2.24) is 15.5 Å². The lowest BCUT2D eigenvalue weighted by molar-refractivity contribution is 0.378. The van der Waals surface area contributed by atoms with Gasteiger partial charge in [-0.2, -0.15) is 5.10 Å². The lowest BCUT2D eigenvalue weighted by atomic mass is 9.98. The maximum atomic E-state index is 4.19. The molecule has 1 fully saturated rings. The smallest absolute Gasteiger partial charge is 0.151 e. The largest absolute Gasteiger partial charge is 0.355 e. The molecule has 1 aliphatic rings. The zero-order valence-corrected chi connectivity index (χ0v) is 10.8. The number of hydrogen-bond donors (Lipinski definition) is 1. The molecule has 2 rings (SSSR count). The van der Waals surface area contributed by atoms with E-state index < -0.39 is 0 Å². The van der Waals surface area contributed by atoms with Crippen LogP contribution in [0.1, 0.15) is 26.7 Å². The fourth-order valence-corrected chi connectivity index (χ4v) is 2.30. The normalized spacial score (nSPS) is 20.9. The average molecular weight is 234 g/mol. The van der Waals surface area contributed by atoms with E-state index in [-0.39, 0.29) is 0 Å². The first-order valence-electron chi connectivity index (χ1n) is 6.51. The molecular weight excluding hydrogens is 212 g/mol. The molecule has 0 amide bonds. The van der Waals surface area contributed by atoms with Crippen LogP contribution in [0, 0.1) is 5.92 Å². The first-order chi connectivity index (χ1) is 8.25. The molecule has 1 saturated heterocycles. The van der Waals surface area contributed by atoms with Gasteiger partial charge in [-0.25, -0.2) is 0 Å². The van der Waals surface area contributed by atoms with Crippen LogP contribution >= 0.6 is 0 Å². The van der Waals surface area contributed by atoms with Crippen LogP contribution in [0.2, 0.25) is 0 Å². The van der Waals surface area contributed by atoms with Gasteiger partial charge in [0.15, 0.2) is 5.82 Å². The maximum absolute atomic E-state index is 4.19. The van der Waals surface area contributed by atoms with Crippen LogP contribution in [0.5, 0.6) is 0 Å². The molecule has 1 aliphatic heterocycles. The fraction of sp³-hybridized carbons (Fsp3) is 0.692. The first-order valence-corrected chi connectivity index (χ1v) is 6.51. The van der Waals surface area contributed by atoms with Crippen molar-refractivity contribution in [1.29, 1.82) is 0 Å². The van der Waals surface area contributed by atoms with Crippen molar-refractivity contribution >= 4 is 5.82 Å². The number of nitrogens with one attached hydrogen (secondary N) is 1. The van der Waals surface area contributed by atoms with E-state index in [4.69, 9.17) is 0 Å². The van der Waals surface area contributed by atoms with Crippen molar-refractivity contribution in [3.63, 3.8) is 0 Å². The third-order valence-electron chi connectivity index (χ3n) is 3.22. The Morgan fingerprint density at radius 3 is 3.12 bits per heavy atom. The minimum absolute atomic E-state index is 0.571. The van der Waals surface area contributed by atoms with Crippen molar-refractivity contribution < 1.29 is 0 Å². The monoisotopic (exact) mass is 234 g/mol. The van der Waals surface area contributed by atoms with E-state index in [1.807, 2.05) is 12.1 Å². The number of anilines is 1. The predicted octanol–water partition coefficient (Wildman–Crippen LogP) is 1.69. The van der Waals surface area contributed by atoms with Crippen LogP contribution in [0.3, 0.4) is 0 Å². The molecule has 0 spiro atoms. The third-order valence-corrected chi connectivity index (χ3v) is 3.22. The van der Waals surface area contributed by atoms with Crippen molar-refractivity contribution in [2.24, 2.45) is 5.92 Å². The third kappa shape index (κ3) is 3.66. The molecule has 0 aromatic carbocycles. The van der Waals surface area contributed by atoms with Gasteiger partial charge in [-0.15, -0.1) is 5.10 Å². The van der Waals surface area contributed by atoms with E-state index in [9.17, 15) is 0 Å². The maximum Gasteiger partial charge on any atom is 0.151 e. The Balaban J connectivity index is 1.89. The summed E-state index contributed by atoms with van der Waals surface area (Å²) < 4.78 is 0. The Morgan fingerprint density at radius 2 is 2.41 bits per heavy atom. The highest BCUT2D eigenvalue weighted by Gasteiger charge is 2.20. The summed E-state index contributed by atoms with van der Waals surface area (Å²) in [5, 5.41) is 11.7. The number of hydrogen-bond acceptors (Lipinski definition) is 4. The molecule has 1 atom stereocenters. The van der Waals surface area contributed by atoms with Crippen LogP contribution in [0.4, 0.5) is 5.82 Å². The molecule has 2 heterocycles. The fourth-order valence-electron chi connectivity index (χ4n) is 2.30. The minimum atomic E-state index is 0.571. The second-order valence-electron chi connectivity index (χ2n) is 5.10. The average Bonchev–Trinajstić information content (AvgIpc) is 2.38. The van der Waals surface area contributed by atoms with Gasteiger partial charge in [0.25, 0.3) is 0 Å². The van der Waals surface area contributed by atoms with Gasteiger partial charge in [0.05, 0.1) is 0 Å². The summed E-state index contributed by atoms with van der Waals surface area (Å²) in [7, 11) is 0. The highest BCUT2D eigenvalue weighted by atomic mass is 15.3. The molecule has 0 aliphatic carbocycles. The van der Waals surface area contributed by atoms with Gasteiger partial charge in [0.1, 0.15) is 0 Å². The van der Waals surface area contributed by atoms with Crippen LogP contribution in [-0.2, 0) is 0 Å². The van der Waals surface area contributed by atoms with E-state index >= 15 is 0 Å². The summed E-state index contributed by atoms with van der Waals surface area (Å²) in [4.78, 5) is 2.35. The van der Waals surface area contributed by atoms with Crippen molar-refractivity contribution in [2.45, 2.75) is 32.7 Å². The Hall–Kier alpha value is -1.16. The number of nitrogens with zero attached hydrogens (tertiary/aromatic N) is 3. The number of rotatable bonds is 4. The molecular formula is C13H22N4. The molecule has 1 unspecified atom stereocenters. The van der Waals surface area contributed by atoms with Gasteiger partial charge in [0, 0.05) is 25.3 Å². The van der Waals surface area contributed by atoms with Crippen LogP contribution < -0.4 is 10.2 Å². The summed E-state index contributed by atoms with van der Waals surface area (Å²) in [6.45, 7) is 7.70. The molecule has 1 aromatic rings. The van der Waals surface area contributed by atoms with Crippen molar-refractivity contribution in [3.05, 3.63) is 18.3 Å². The molecule has 0 radical (unpaired) electrons. The zero-order valence-electron chi connectivity index (χ0n) is 10.8. The second kappa shape index (κ2) is 5.96. The van der Waals surface area contributed by atoms with E-state index in [1.54, 1.807) is 6.20 Å². The summed E-state index contributed by atoms with van der Waals surface area (Å²) in [6.07, 6.45) is 4.29. The molecule has 1 aromatic heterocycles. The molecule has 0 saturated carbocycles. The summed E-state index contributed by atoms with van der Waals surface area (Å²) in [6, 6.07) is 4.57. The minimum Gasteiger partial charge on any atom is -0.355 e. The topological polar surface area (TPSA) is 41.0 Å². The van der Waals surface area contributed by atoms with Gasteiger partial charge >= 0.3 is 0 Å². The van der Waals surface area contributed by atoms with E-state index in [2.05, 4.69) is 34.3 Å². The van der Waals surface area contributed by atoms with Crippen LogP contribution in [0.15, 0.2) is 18.3 Å². The lowest BCUT2D eigenvalue weighted by Crippen LogP contribution is -2.41. The van der Waals surface area contributed by atoms with Gasteiger partial charge < -0.3 is 10.2 Å². The molecule has 0 bridgehead atoms. The van der Waals surface area contributed by atoms with Crippen molar-refractivity contribution in [3.8, 4) is 0 Å². The molecule has 17 heavy (non-hydrogen) atoms. The Bertz CT molecular complexity index is 325. The van der Waals surface area contributed by atoms with Crippen LogP contribution in [-0.4, -0.2) is 35.9 Å². The Morgan fingerprint density at radius 1 is 1.53 bits per heavy atom. The standard InChI is InChI=1S/C13H22N4/c1-11(2)14-9-12-5-4-8-17(10-12)13-6-3-7-15-16-13/h3,6-7,11-12,14H,4-5,8-10H2,1-2H3. The van der Waals surface area contributed by atoms with Gasteiger partial charge in [-0.05, 0) is 37.4 Å². The van der Waals surface area contributed by atoms with Gasteiger partial charge in [-0.3, -0.25) is 0 Å². The Kier molecular flexibility index (Phi) is 4.31. The summed E-state index contributed by atoms with van der Waals surface area (Å²) in [5.74, 6) is 1.75. The molecule has 94 valence electrons. The molecule has 4 nitrogen and oxygen atoms in total. The van der Waals surface area contributed by atoms with Crippen molar-refractivity contribution in [2.75, 3.05) is 24.5 Å². The SMILES string of the molecule is CC(C)NCC1CCCN(c2cccnn2)C1. The summed E-state index contributed by atoms with van der Waals surface area (Å²) in [5.41, 5.74) is 0. The van der Waals surface area contributed by atoms with E-state index in [0.717, 1.165) is 31.4 Å². The molecule has 4 heteroatoms.